The molecule has 1 aliphatic rings. The number of ether oxygens (including phenoxy) is 3. The molecule has 1 saturated heterocycles. The van der Waals surface area contributed by atoms with Crippen molar-refractivity contribution in [2.24, 2.45) is 0 Å². The van der Waals surface area contributed by atoms with Gasteiger partial charge in [-0.3, -0.25) is 19.3 Å². The third-order valence-corrected chi connectivity index (χ3v) is 7.67. The van der Waals surface area contributed by atoms with Crippen molar-refractivity contribution in [1.82, 2.24) is 25.4 Å². The molecule has 0 spiro atoms. The fourth-order valence-electron chi connectivity index (χ4n) is 4.30. The highest BCUT2D eigenvalue weighted by molar-refractivity contribution is 7.13. The Hall–Kier alpha value is -3.42. The molecule has 2 N–H and O–H groups in total. The first-order valence-corrected chi connectivity index (χ1v) is 16.0. The number of rotatable bonds is 14. The first-order valence-electron chi connectivity index (χ1n) is 14.7. The van der Waals surface area contributed by atoms with Gasteiger partial charge in [-0.05, 0) is 52.3 Å². The lowest BCUT2D eigenvalue weighted by atomic mass is 10.2. The largest absolute Gasteiger partial charge is 0.492 e. The second-order valence-corrected chi connectivity index (χ2v) is 12.4. The molecule has 0 aliphatic carbocycles. The summed E-state index contributed by atoms with van der Waals surface area (Å²) in [5.74, 6) is -0.0704. The summed E-state index contributed by atoms with van der Waals surface area (Å²) in [7, 11) is 0. The van der Waals surface area contributed by atoms with Gasteiger partial charge in [0.25, 0.3) is 0 Å². The predicted molar refractivity (Wildman–Crippen MR) is 168 cm³/mol. The molecule has 3 rings (SSSR count). The number of aromatic nitrogens is 1. The highest BCUT2D eigenvalue weighted by atomic mass is 35.5. The maximum Gasteiger partial charge on any atom is 0.407 e. The van der Waals surface area contributed by atoms with Gasteiger partial charge in [0.2, 0.25) is 11.8 Å². The minimum atomic E-state index is -0.548. The SMILES string of the molecule is CCOC(=O)CNC(=O)Cc1csc(-c2ccc(OCCN3CCN(C(=O)CCCNC(=O)OC(C)(C)C)CC3)cc2Cl)n1. The number of carbonyl (C=O) groups is 4. The smallest absolute Gasteiger partial charge is 0.407 e. The number of thiazole rings is 1. The van der Waals surface area contributed by atoms with Gasteiger partial charge in [0.05, 0.1) is 23.7 Å². The van der Waals surface area contributed by atoms with E-state index in [1.165, 1.54) is 11.3 Å². The van der Waals surface area contributed by atoms with Crippen LogP contribution in [0.2, 0.25) is 5.02 Å². The van der Waals surface area contributed by atoms with Crippen molar-refractivity contribution < 1.29 is 33.4 Å². The van der Waals surface area contributed by atoms with Crippen LogP contribution in [0.3, 0.4) is 0 Å². The molecule has 2 aromatic rings. The highest BCUT2D eigenvalue weighted by Gasteiger charge is 2.21. The molecule has 3 amide bonds. The highest BCUT2D eigenvalue weighted by Crippen LogP contribution is 2.33. The van der Waals surface area contributed by atoms with E-state index in [0.29, 0.717) is 60.6 Å². The van der Waals surface area contributed by atoms with Crippen LogP contribution in [-0.4, -0.2) is 103 Å². The van der Waals surface area contributed by atoms with Gasteiger partial charge < -0.3 is 29.7 Å². The molecular weight excluding hydrogens is 610 g/mol. The second kappa shape index (κ2) is 17.2. The first-order chi connectivity index (χ1) is 20.9. The zero-order chi connectivity index (χ0) is 32.1. The number of halogens is 1. The van der Waals surface area contributed by atoms with E-state index in [-0.39, 0.29) is 31.4 Å². The number of nitrogens with zero attached hydrogens (tertiary/aromatic N) is 3. The number of benzene rings is 1. The molecule has 0 saturated carbocycles. The summed E-state index contributed by atoms with van der Waals surface area (Å²) >= 11 is 7.91. The van der Waals surface area contributed by atoms with Crippen LogP contribution in [0.4, 0.5) is 4.79 Å². The van der Waals surface area contributed by atoms with Gasteiger partial charge >= 0.3 is 12.1 Å². The topological polar surface area (TPSA) is 139 Å². The first kappa shape index (κ1) is 35.1. The van der Waals surface area contributed by atoms with E-state index in [0.717, 1.165) is 25.2 Å². The summed E-state index contributed by atoms with van der Waals surface area (Å²) in [5, 5.41) is 8.17. The molecule has 44 heavy (non-hydrogen) atoms. The van der Waals surface area contributed by atoms with E-state index < -0.39 is 17.7 Å². The normalized spacial score (nSPS) is 13.7. The number of nitrogens with one attached hydrogen (secondary N) is 2. The van der Waals surface area contributed by atoms with Gasteiger partial charge in [0.1, 0.15) is 29.5 Å². The predicted octanol–water partition coefficient (Wildman–Crippen LogP) is 3.51. The third-order valence-electron chi connectivity index (χ3n) is 6.44. The van der Waals surface area contributed by atoms with Crippen LogP contribution in [0.15, 0.2) is 23.6 Å². The van der Waals surface area contributed by atoms with Crippen molar-refractivity contribution in [2.45, 2.75) is 52.6 Å². The minimum absolute atomic E-state index is 0.0461. The van der Waals surface area contributed by atoms with Crippen molar-refractivity contribution in [2.75, 3.05) is 59.0 Å². The molecular formula is C30H42ClN5O7S. The molecule has 242 valence electrons. The number of esters is 1. The van der Waals surface area contributed by atoms with Gasteiger partial charge in [-0.1, -0.05) is 11.6 Å². The van der Waals surface area contributed by atoms with Crippen LogP contribution in [0.5, 0.6) is 5.75 Å². The number of hydrogen-bond acceptors (Lipinski definition) is 10. The van der Waals surface area contributed by atoms with Crippen molar-refractivity contribution in [3.63, 3.8) is 0 Å². The molecule has 1 aromatic carbocycles. The standard InChI is InChI=1S/C30H42ClN5O7S/c1-5-41-27(39)19-33-25(37)17-21-20-44-28(34-21)23-9-8-22(18-24(23)31)42-16-15-35-11-13-36(14-12-35)26(38)7-6-10-32-29(40)43-30(2,3)4/h8-9,18,20H,5-7,10-17,19H2,1-4H3,(H,32,40)(H,33,37). The molecule has 0 atom stereocenters. The average Bonchev–Trinajstić information content (AvgIpc) is 3.41. The van der Waals surface area contributed by atoms with E-state index in [4.69, 9.17) is 25.8 Å². The third kappa shape index (κ3) is 12.3. The lowest BCUT2D eigenvalue weighted by Crippen LogP contribution is -2.49. The zero-order valence-corrected chi connectivity index (χ0v) is 27.4. The fourth-order valence-corrected chi connectivity index (χ4v) is 5.47. The lowest BCUT2D eigenvalue weighted by Gasteiger charge is -2.34. The Morgan fingerprint density at radius 3 is 2.52 bits per heavy atom. The van der Waals surface area contributed by atoms with Gasteiger partial charge in [-0.25, -0.2) is 9.78 Å². The summed E-state index contributed by atoms with van der Waals surface area (Å²) in [4.78, 5) is 56.4. The summed E-state index contributed by atoms with van der Waals surface area (Å²) in [6.45, 7) is 11.6. The van der Waals surface area contributed by atoms with Gasteiger partial charge in [-0.15, -0.1) is 11.3 Å². The number of piperazine rings is 1. The Morgan fingerprint density at radius 1 is 1.09 bits per heavy atom. The lowest BCUT2D eigenvalue weighted by molar-refractivity contribution is -0.143. The Bertz CT molecular complexity index is 1270. The summed E-state index contributed by atoms with van der Waals surface area (Å²) in [6, 6.07) is 5.43. The van der Waals surface area contributed by atoms with Crippen molar-refractivity contribution >= 4 is 46.8 Å². The van der Waals surface area contributed by atoms with Gasteiger partial charge in [0, 0.05) is 56.6 Å². The summed E-state index contributed by atoms with van der Waals surface area (Å²) in [6.07, 6.45) is 0.516. The Kier molecular flexibility index (Phi) is 13.7. The molecule has 0 radical (unpaired) electrons. The average molecular weight is 652 g/mol. The number of hydrogen-bond donors (Lipinski definition) is 2. The van der Waals surface area contributed by atoms with Crippen LogP contribution in [0, 0.1) is 0 Å². The molecule has 1 aliphatic heterocycles. The molecule has 1 fully saturated rings. The minimum Gasteiger partial charge on any atom is -0.492 e. The second-order valence-electron chi connectivity index (χ2n) is 11.1. The Labute approximate surface area is 267 Å². The van der Waals surface area contributed by atoms with Gasteiger partial charge in [-0.2, -0.15) is 0 Å². The summed E-state index contributed by atoms with van der Waals surface area (Å²) in [5.41, 5.74) is 0.775. The fraction of sp³-hybridized carbons (Fsp3) is 0.567. The molecule has 2 heterocycles. The Balaban J connectivity index is 1.34. The number of carbonyl (C=O) groups excluding carboxylic acids is 4. The molecule has 14 heteroatoms. The van der Waals surface area contributed by atoms with E-state index in [1.54, 1.807) is 39.1 Å². The monoisotopic (exact) mass is 651 g/mol. The van der Waals surface area contributed by atoms with E-state index in [1.807, 2.05) is 17.0 Å². The molecule has 0 unspecified atom stereocenters. The van der Waals surface area contributed by atoms with Crippen LogP contribution < -0.4 is 15.4 Å². The maximum atomic E-state index is 12.5. The molecule has 12 nitrogen and oxygen atoms in total. The van der Waals surface area contributed by atoms with E-state index in [2.05, 4.69) is 20.5 Å². The van der Waals surface area contributed by atoms with Crippen LogP contribution in [0.25, 0.3) is 10.6 Å². The number of amides is 3. The quantitative estimate of drug-likeness (QED) is 0.232. The van der Waals surface area contributed by atoms with Crippen molar-refractivity contribution in [1.29, 1.82) is 0 Å². The van der Waals surface area contributed by atoms with Crippen LogP contribution in [-0.2, 0) is 30.3 Å². The van der Waals surface area contributed by atoms with E-state index in [9.17, 15) is 19.2 Å². The van der Waals surface area contributed by atoms with Crippen molar-refractivity contribution in [3.8, 4) is 16.3 Å². The van der Waals surface area contributed by atoms with Crippen molar-refractivity contribution in [3.05, 3.63) is 34.3 Å². The Morgan fingerprint density at radius 2 is 1.84 bits per heavy atom. The van der Waals surface area contributed by atoms with E-state index >= 15 is 0 Å². The maximum absolute atomic E-state index is 12.5. The summed E-state index contributed by atoms with van der Waals surface area (Å²) < 4.78 is 15.9. The molecule has 1 aromatic heterocycles. The molecule has 0 bridgehead atoms. The van der Waals surface area contributed by atoms with Gasteiger partial charge in [0.15, 0.2) is 0 Å². The van der Waals surface area contributed by atoms with Crippen LogP contribution in [0.1, 0.15) is 46.2 Å². The van der Waals surface area contributed by atoms with Crippen LogP contribution >= 0.6 is 22.9 Å². The number of alkyl carbamates (subject to hydrolysis) is 1. The zero-order valence-electron chi connectivity index (χ0n) is 25.8.